The van der Waals surface area contributed by atoms with Gasteiger partial charge in [-0.15, -0.1) is 0 Å². The first-order valence-electron chi connectivity index (χ1n) is 11.2. The lowest BCUT2D eigenvalue weighted by Gasteiger charge is -2.15. The number of unbranched alkanes of at least 4 members (excludes halogenated alkanes) is 3. The van der Waals surface area contributed by atoms with Gasteiger partial charge in [-0.2, -0.15) is 0 Å². The molecular formula is C25H36O6. The van der Waals surface area contributed by atoms with E-state index in [1.807, 2.05) is 30.3 Å². The van der Waals surface area contributed by atoms with Crippen molar-refractivity contribution in [3.05, 3.63) is 35.9 Å². The third-order valence-corrected chi connectivity index (χ3v) is 5.45. The van der Waals surface area contributed by atoms with Gasteiger partial charge in [-0.1, -0.05) is 56.5 Å². The fourth-order valence-electron chi connectivity index (χ4n) is 3.62. The summed E-state index contributed by atoms with van der Waals surface area (Å²) >= 11 is 0. The molecule has 2 unspecified atom stereocenters. The number of Topliss-reactive ketones (excluding diaryl/α,β-unsaturated/α-hetero) is 2. The van der Waals surface area contributed by atoms with Crippen LogP contribution in [0.3, 0.4) is 0 Å². The molecule has 1 saturated carbocycles. The summed E-state index contributed by atoms with van der Waals surface area (Å²) in [5, 5.41) is 0. The predicted molar refractivity (Wildman–Crippen MR) is 118 cm³/mol. The van der Waals surface area contributed by atoms with Gasteiger partial charge in [0.2, 0.25) is 0 Å². The van der Waals surface area contributed by atoms with Crippen molar-refractivity contribution < 1.29 is 28.7 Å². The van der Waals surface area contributed by atoms with Crippen molar-refractivity contribution in [3.63, 3.8) is 0 Å². The standard InChI is InChI=1S/C17H20O4.C8H16O2/c1-12(18)16-10-15(19)9-14(16)7-8-17(20)21-11-13-5-3-2-4-6-13;1-3-4-5-6-7-8(9)10-2/h2-6,14,16H,7-11H2,1H3;3-7H2,1-2H3. The summed E-state index contributed by atoms with van der Waals surface area (Å²) in [6.45, 7) is 3.93. The fourth-order valence-corrected chi connectivity index (χ4v) is 3.62. The number of benzene rings is 1. The SMILES string of the molecule is CC(=O)C1CC(=O)CC1CCC(=O)OCc1ccccc1.CCCCCCC(=O)OC. The van der Waals surface area contributed by atoms with Crippen LogP contribution in [-0.2, 0) is 35.3 Å². The molecule has 0 bridgehead atoms. The maximum atomic E-state index is 11.7. The molecule has 0 amide bonds. The van der Waals surface area contributed by atoms with Crippen molar-refractivity contribution in [3.8, 4) is 0 Å². The normalized spacial score (nSPS) is 17.5. The number of hydrogen-bond acceptors (Lipinski definition) is 6. The molecule has 0 N–H and O–H groups in total. The maximum absolute atomic E-state index is 11.7. The highest BCUT2D eigenvalue weighted by Gasteiger charge is 2.35. The smallest absolute Gasteiger partial charge is 0.306 e. The molecule has 2 atom stereocenters. The van der Waals surface area contributed by atoms with Crippen molar-refractivity contribution in [2.75, 3.05) is 7.11 Å². The van der Waals surface area contributed by atoms with E-state index in [1.165, 1.54) is 26.9 Å². The zero-order chi connectivity index (χ0) is 23.1. The number of carbonyl (C=O) groups is 4. The fraction of sp³-hybridized carbons (Fsp3) is 0.600. The Kier molecular flexibility index (Phi) is 13.1. The number of hydrogen-bond donors (Lipinski definition) is 0. The Balaban J connectivity index is 0.000000407. The molecule has 6 heteroatoms. The second-order valence-corrected chi connectivity index (χ2v) is 8.00. The van der Waals surface area contributed by atoms with E-state index in [-0.39, 0.29) is 48.4 Å². The van der Waals surface area contributed by atoms with Gasteiger partial charge >= 0.3 is 11.9 Å². The molecule has 0 heterocycles. The summed E-state index contributed by atoms with van der Waals surface area (Å²) < 4.78 is 9.69. The van der Waals surface area contributed by atoms with Crippen molar-refractivity contribution in [2.45, 2.75) is 78.2 Å². The monoisotopic (exact) mass is 432 g/mol. The molecule has 6 nitrogen and oxygen atoms in total. The van der Waals surface area contributed by atoms with E-state index >= 15 is 0 Å². The first kappa shape index (κ1) is 26.5. The average molecular weight is 433 g/mol. The number of rotatable bonds is 11. The highest BCUT2D eigenvalue weighted by atomic mass is 16.5. The maximum Gasteiger partial charge on any atom is 0.306 e. The van der Waals surface area contributed by atoms with E-state index < -0.39 is 0 Å². The molecule has 0 radical (unpaired) electrons. The number of carbonyl (C=O) groups excluding carboxylic acids is 4. The molecule has 2 rings (SSSR count). The summed E-state index contributed by atoms with van der Waals surface area (Å²) in [4.78, 5) is 45.2. The zero-order valence-corrected chi connectivity index (χ0v) is 19.1. The summed E-state index contributed by atoms with van der Waals surface area (Å²) in [6.07, 6.45) is 6.67. The zero-order valence-electron chi connectivity index (χ0n) is 19.1. The van der Waals surface area contributed by atoms with Crippen molar-refractivity contribution >= 4 is 23.5 Å². The summed E-state index contributed by atoms with van der Waals surface area (Å²) in [5.41, 5.74) is 0.948. The van der Waals surface area contributed by atoms with Crippen LogP contribution < -0.4 is 0 Å². The van der Waals surface area contributed by atoms with Gasteiger partial charge in [0.15, 0.2) is 0 Å². The third-order valence-electron chi connectivity index (χ3n) is 5.45. The molecule has 172 valence electrons. The Hall–Kier alpha value is -2.50. The van der Waals surface area contributed by atoms with Crippen molar-refractivity contribution in [2.24, 2.45) is 11.8 Å². The Bertz CT molecular complexity index is 697. The predicted octanol–water partition coefficient (Wildman–Crippen LogP) is 4.82. The highest BCUT2D eigenvalue weighted by Crippen LogP contribution is 2.33. The molecule has 1 fully saturated rings. The minimum atomic E-state index is -0.277. The highest BCUT2D eigenvalue weighted by molar-refractivity contribution is 5.90. The van der Waals surface area contributed by atoms with Crippen LogP contribution in [0, 0.1) is 11.8 Å². The van der Waals surface area contributed by atoms with E-state index in [9.17, 15) is 19.2 Å². The molecule has 1 aliphatic rings. The van der Waals surface area contributed by atoms with Crippen LogP contribution in [0.15, 0.2) is 30.3 Å². The van der Waals surface area contributed by atoms with E-state index in [1.54, 1.807) is 0 Å². The third kappa shape index (κ3) is 11.5. The van der Waals surface area contributed by atoms with Gasteiger partial charge in [-0.25, -0.2) is 0 Å². The van der Waals surface area contributed by atoms with Gasteiger partial charge in [0.1, 0.15) is 18.2 Å². The Labute approximate surface area is 185 Å². The minimum absolute atomic E-state index is 0.000671. The molecule has 1 aliphatic carbocycles. The lowest BCUT2D eigenvalue weighted by atomic mass is 9.89. The van der Waals surface area contributed by atoms with Gasteiger partial charge < -0.3 is 9.47 Å². The topological polar surface area (TPSA) is 86.7 Å². The Morgan fingerprint density at radius 1 is 0.968 bits per heavy atom. The van der Waals surface area contributed by atoms with E-state index in [0.29, 0.717) is 25.7 Å². The summed E-state index contributed by atoms with van der Waals surface area (Å²) in [6, 6.07) is 9.49. The quantitative estimate of drug-likeness (QED) is 0.368. The van der Waals surface area contributed by atoms with E-state index in [0.717, 1.165) is 18.4 Å². The summed E-state index contributed by atoms with van der Waals surface area (Å²) in [7, 11) is 1.43. The average Bonchev–Trinajstić information content (AvgIpc) is 3.15. The molecule has 0 saturated heterocycles. The first-order chi connectivity index (χ1) is 14.9. The van der Waals surface area contributed by atoms with Gasteiger partial charge in [0, 0.05) is 31.6 Å². The molecule has 1 aromatic carbocycles. The van der Waals surface area contributed by atoms with Crippen LogP contribution in [0.1, 0.15) is 77.2 Å². The van der Waals surface area contributed by atoms with Gasteiger partial charge in [-0.3, -0.25) is 19.2 Å². The minimum Gasteiger partial charge on any atom is -0.469 e. The van der Waals surface area contributed by atoms with Crippen LogP contribution in [0.25, 0.3) is 0 Å². The van der Waals surface area contributed by atoms with Crippen molar-refractivity contribution in [1.29, 1.82) is 0 Å². The molecule has 31 heavy (non-hydrogen) atoms. The Morgan fingerprint density at radius 2 is 1.68 bits per heavy atom. The Morgan fingerprint density at radius 3 is 2.29 bits per heavy atom. The second-order valence-electron chi connectivity index (χ2n) is 8.00. The molecule has 0 aliphatic heterocycles. The van der Waals surface area contributed by atoms with Crippen LogP contribution in [0.2, 0.25) is 0 Å². The molecule has 0 spiro atoms. The van der Waals surface area contributed by atoms with Crippen LogP contribution in [-0.4, -0.2) is 30.6 Å². The van der Waals surface area contributed by atoms with Gasteiger partial charge in [-0.05, 0) is 31.2 Å². The molecule has 1 aromatic rings. The molecular weight excluding hydrogens is 396 g/mol. The van der Waals surface area contributed by atoms with Crippen LogP contribution in [0.4, 0.5) is 0 Å². The van der Waals surface area contributed by atoms with Gasteiger partial charge in [0.25, 0.3) is 0 Å². The van der Waals surface area contributed by atoms with E-state index in [2.05, 4.69) is 11.7 Å². The number of ether oxygens (including phenoxy) is 2. The first-order valence-corrected chi connectivity index (χ1v) is 11.2. The lowest BCUT2D eigenvalue weighted by molar-refractivity contribution is -0.145. The molecule has 0 aromatic heterocycles. The van der Waals surface area contributed by atoms with Crippen LogP contribution in [0.5, 0.6) is 0 Å². The lowest BCUT2D eigenvalue weighted by Crippen LogP contribution is -2.17. The summed E-state index contributed by atoms with van der Waals surface area (Å²) in [5.74, 6) is -0.406. The van der Waals surface area contributed by atoms with Crippen molar-refractivity contribution in [1.82, 2.24) is 0 Å². The number of methoxy groups -OCH3 is 1. The number of esters is 2. The number of ketones is 2. The van der Waals surface area contributed by atoms with Crippen LogP contribution >= 0.6 is 0 Å². The van der Waals surface area contributed by atoms with Gasteiger partial charge in [0.05, 0.1) is 7.11 Å². The largest absolute Gasteiger partial charge is 0.469 e. The second kappa shape index (κ2) is 15.3. The van der Waals surface area contributed by atoms with E-state index in [4.69, 9.17) is 4.74 Å².